The van der Waals surface area contributed by atoms with Crippen molar-refractivity contribution in [2.75, 3.05) is 24.7 Å². The van der Waals surface area contributed by atoms with Gasteiger partial charge in [-0.25, -0.2) is 0 Å². The van der Waals surface area contributed by atoms with Gasteiger partial charge in [-0.2, -0.15) is 11.8 Å². The van der Waals surface area contributed by atoms with E-state index in [1.807, 2.05) is 18.7 Å². The van der Waals surface area contributed by atoms with Gasteiger partial charge in [-0.1, -0.05) is 6.92 Å². The van der Waals surface area contributed by atoms with Crippen molar-refractivity contribution in [1.82, 2.24) is 0 Å². The van der Waals surface area contributed by atoms with E-state index in [9.17, 15) is 0 Å². The molecule has 0 atom stereocenters. The molecule has 2 nitrogen and oxygen atoms in total. The standard InChI is InChI=1S/C9H18O2S/c1-3-7-12-8-4-9(2)10-5-6-11-9/h3-8H2,1-2H3. The van der Waals surface area contributed by atoms with Gasteiger partial charge in [-0.05, 0) is 24.9 Å². The van der Waals surface area contributed by atoms with Gasteiger partial charge < -0.3 is 9.47 Å². The fourth-order valence-corrected chi connectivity index (χ4v) is 2.21. The van der Waals surface area contributed by atoms with E-state index in [0.717, 1.165) is 25.4 Å². The highest BCUT2D eigenvalue weighted by atomic mass is 32.2. The molecule has 3 heteroatoms. The van der Waals surface area contributed by atoms with Gasteiger partial charge in [-0.3, -0.25) is 0 Å². The molecule has 0 spiro atoms. The zero-order chi connectivity index (χ0) is 8.86. The lowest BCUT2D eigenvalue weighted by atomic mass is 10.2. The number of thioether (sulfide) groups is 1. The van der Waals surface area contributed by atoms with E-state index in [-0.39, 0.29) is 5.79 Å². The number of ether oxygens (including phenoxy) is 2. The number of hydrogen-bond acceptors (Lipinski definition) is 3. The minimum Gasteiger partial charge on any atom is -0.348 e. The second kappa shape index (κ2) is 5.10. The van der Waals surface area contributed by atoms with Crippen molar-refractivity contribution in [2.24, 2.45) is 0 Å². The SMILES string of the molecule is CCCSCCC1(C)OCCO1. The first-order valence-corrected chi connectivity index (χ1v) is 5.78. The summed E-state index contributed by atoms with van der Waals surface area (Å²) in [6.45, 7) is 5.76. The highest BCUT2D eigenvalue weighted by Gasteiger charge is 2.29. The van der Waals surface area contributed by atoms with Crippen LogP contribution in [0.5, 0.6) is 0 Å². The molecule has 1 rings (SSSR count). The topological polar surface area (TPSA) is 18.5 Å². The van der Waals surface area contributed by atoms with Crippen LogP contribution >= 0.6 is 11.8 Å². The van der Waals surface area contributed by atoms with E-state index in [2.05, 4.69) is 6.92 Å². The quantitative estimate of drug-likeness (QED) is 0.620. The number of hydrogen-bond donors (Lipinski definition) is 0. The predicted molar refractivity (Wildman–Crippen MR) is 52.5 cm³/mol. The molecule has 0 aliphatic carbocycles. The summed E-state index contributed by atoms with van der Waals surface area (Å²) in [6.07, 6.45) is 2.26. The van der Waals surface area contributed by atoms with Crippen LogP contribution in [-0.2, 0) is 9.47 Å². The van der Waals surface area contributed by atoms with Gasteiger partial charge >= 0.3 is 0 Å². The van der Waals surface area contributed by atoms with Crippen LogP contribution in [-0.4, -0.2) is 30.5 Å². The molecule has 0 aromatic carbocycles. The second-order valence-corrected chi connectivity index (χ2v) is 4.42. The summed E-state index contributed by atoms with van der Waals surface area (Å²) in [4.78, 5) is 0. The zero-order valence-corrected chi connectivity index (χ0v) is 8.78. The van der Waals surface area contributed by atoms with Crippen LogP contribution in [0.15, 0.2) is 0 Å². The van der Waals surface area contributed by atoms with E-state index >= 15 is 0 Å². The number of rotatable bonds is 5. The van der Waals surface area contributed by atoms with E-state index < -0.39 is 0 Å². The minimum absolute atomic E-state index is 0.277. The first-order valence-electron chi connectivity index (χ1n) is 4.62. The van der Waals surface area contributed by atoms with E-state index in [0.29, 0.717) is 0 Å². The van der Waals surface area contributed by atoms with Crippen LogP contribution in [0.1, 0.15) is 26.7 Å². The molecule has 0 amide bonds. The van der Waals surface area contributed by atoms with Crippen LogP contribution < -0.4 is 0 Å². The maximum absolute atomic E-state index is 5.49. The maximum Gasteiger partial charge on any atom is 0.166 e. The van der Waals surface area contributed by atoms with Crippen molar-refractivity contribution in [3.05, 3.63) is 0 Å². The molecule has 0 radical (unpaired) electrons. The van der Waals surface area contributed by atoms with Crippen molar-refractivity contribution >= 4 is 11.8 Å². The average Bonchev–Trinajstić information content (AvgIpc) is 2.47. The summed E-state index contributed by atoms with van der Waals surface area (Å²) in [5.41, 5.74) is 0. The molecule has 1 aliphatic rings. The third-order valence-electron chi connectivity index (χ3n) is 1.95. The molecule has 0 N–H and O–H groups in total. The van der Waals surface area contributed by atoms with E-state index in [4.69, 9.17) is 9.47 Å². The summed E-state index contributed by atoms with van der Waals surface area (Å²) in [6, 6.07) is 0. The largest absolute Gasteiger partial charge is 0.348 e. The molecule has 12 heavy (non-hydrogen) atoms. The fraction of sp³-hybridized carbons (Fsp3) is 1.00. The average molecular weight is 190 g/mol. The van der Waals surface area contributed by atoms with Gasteiger partial charge in [0.15, 0.2) is 5.79 Å². The van der Waals surface area contributed by atoms with Crippen LogP contribution in [0.25, 0.3) is 0 Å². The molecule has 0 aromatic heterocycles. The molecule has 1 fully saturated rings. The molecule has 1 heterocycles. The van der Waals surface area contributed by atoms with E-state index in [1.165, 1.54) is 12.2 Å². The Balaban J connectivity index is 2.05. The predicted octanol–water partition coefficient (Wildman–Crippen LogP) is 2.28. The lowest BCUT2D eigenvalue weighted by Gasteiger charge is -2.21. The van der Waals surface area contributed by atoms with Gasteiger partial charge in [-0.15, -0.1) is 0 Å². The summed E-state index contributed by atoms with van der Waals surface area (Å²) in [5, 5.41) is 0. The maximum atomic E-state index is 5.49. The van der Waals surface area contributed by atoms with Crippen LogP contribution in [0.3, 0.4) is 0 Å². The fourth-order valence-electron chi connectivity index (χ4n) is 1.21. The Bertz CT molecular complexity index is 122. The normalized spacial score (nSPS) is 21.5. The molecular formula is C9H18O2S. The van der Waals surface area contributed by atoms with Crippen molar-refractivity contribution < 1.29 is 9.47 Å². The van der Waals surface area contributed by atoms with Gasteiger partial charge in [0.1, 0.15) is 0 Å². The second-order valence-electron chi connectivity index (χ2n) is 3.19. The summed E-state index contributed by atoms with van der Waals surface area (Å²) >= 11 is 1.98. The Morgan fingerprint density at radius 1 is 1.25 bits per heavy atom. The van der Waals surface area contributed by atoms with Gasteiger partial charge in [0.05, 0.1) is 13.2 Å². The Hall–Kier alpha value is 0.270. The third kappa shape index (κ3) is 3.33. The molecule has 0 bridgehead atoms. The van der Waals surface area contributed by atoms with Gasteiger partial charge in [0.25, 0.3) is 0 Å². The Labute approximate surface area is 79.0 Å². The van der Waals surface area contributed by atoms with Crippen LogP contribution in [0.2, 0.25) is 0 Å². The Kier molecular flexibility index (Phi) is 4.40. The van der Waals surface area contributed by atoms with Crippen LogP contribution in [0.4, 0.5) is 0 Å². The summed E-state index contributed by atoms with van der Waals surface area (Å²) in [7, 11) is 0. The van der Waals surface area contributed by atoms with Gasteiger partial charge in [0, 0.05) is 6.42 Å². The lowest BCUT2D eigenvalue weighted by Crippen LogP contribution is -2.26. The Morgan fingerprint density at radius 2 is 1.92 bits per heavy atom. The monoisotopic (exact) mass is 190 g/mol. The van der Waals surface area contributed by atoms with Crippen LogP contribution in [0, 0.1) is 0 Å². The van der Waals surface area contributed by atoms with E-state index in [1.54, 1.807) is 0 Å². The molecule has 0 aromatic rings. The highest BCUT2D eigenvalue weighted by molar-refractivity contribution is 7.99. The molecule has 0 unspecified atom stereocenters. The lowest BCUT2D eigenvalue weighted by molar-refractivity contribution is -0.142. The van der Waals surface area contributed by atoms with Crippen molar-refractivity contribution in [2.45, 2.75) is 32.5 Å². The highest BCUT2D eigenvalue weighted by Crippen LogP contribution is 2.24. The van der Waals surface area contributed by atoms with Crippen molar-refractivity contribution in [1.29, 1.82) is 0 Å². The Morgan fingerprint density at radius 3 is 2.50 bits per heavy atom. The summed E-state index contributed by atoms with van der Waals surface area (Å²) in [5.74, 6) is 2.11. The molecule has 1 saturated heterocycles. The molecular weight excluding hydrogens is 172 g/mol. The first-order chi connectivity index (χ1) is 5.77. The third-order valence-corrected chi connectivity index (χ3v) is 3.14. The molecule has 72 valence electrons. The summed E-state index contributed by atoms with van der Waals surface area (Å²) < 4.78 is 11.0. The van der Waals surface area contributed by atoms with Gasteiger partial charge in [0.2, 0.25) is 0 Å². The van der Waals surface area contributed by atoms with Crippen molar-refractivity contribution in [3.8, 4) is 0 Å². The zero-order valence-electron chi connectivity index (χ0n) is 7.97. The smallest absolute Gasteiger partial charge is 0.166 e. The first kappa shape index (κ1) is 10.4. The molecule has 1 aliphatic heterocycles. The molecule has 0 saturated carbocycles. The minimum atomic E-state index is -0.277. The van der Waals surface area contributed by atoms with Crippen molar-refractivity contribution in [3.63, 3.8) is 0 Å².